The average molecular weight is 303 g/mol. The van der Waals surface area contributed by atoms with E-state index in [1.54, 1.807) is 24.3 Å². The number of urea groups is 1. The first kappa shape index (κ1) is 16.3. The fraction of sp³-hybridized carbons (Fsp3) is 0.529. The number of hydrogen-bond donors (Lipinski definition) is 2. The summed E-state index contributed by atoms with van der Waals surface area (Å²) in [5.74, 6) is 0.483. The van der Waals surface area contributed by atoms with Crippen LogP contribution in [0.4, 0.5) is 16.2 Å². The van der Waals surface area contributed by atoms with Crippen LogP contribution in [0, 0.1) is 5.92 Å². The molecule has 0 unspecified atom stereocenters. The van der Waals surface area contributed by atoms with Gasteiger partial charge in [-0.25, -0.2) is 4.79 Å². The van der Waals surface area contributed by atoms with Crippen LogP contribution in [-0.2, 0) is 4.79 Å². The fourth-order valence-corrected chi connectivity index (χ4v) is 2.27. The average Bonchev–Trinajstić information content (AvgIpc) is 3.25. The second kappa shape index (κ2) is 7.29. The second-order valence-electron chi connectivity index (χ2n) is 6.30. The zero-order valence-electron chi connectivity index (χ0n) is 13.6. The Hall–Kier alpha value is -2.04. The number of carbonyl (C=O) groups excluding carboxylic acids is 2. The minimum Gasteiger partial charge on any atom is -0.326 e. The van der Waals surface area contributed by atoms with Crippen molar-refractivity contribution in [3.63, 3.8) is 0 Å². The summed E-state index contributed by atoms with van der Waals surface area (Å²) < 4.78 is 0. The Balaban J connectivity index is 1.92. The second-order valence-corrected chi connectivity index (χ2v) is 6.30. The first-order valence-electron chi connectivity index (χ1n) is 7.91. The van der Waals surface area contributed by atoms with E-state index in [0.717, 1.165) is 37.2 Å². The van der Waals surface area contributed by atoms with Crippen molar-refractivity contribution in [1.82, 2.24) is 4.90 Å². The van der Waals surface area contributed by atoms with Crippen LogP contribution in [0.1, 0.15) is 40.0 Å². The Kier molecular flexibility index (Phi) is 5.41. The van der Waals surface area contributed by atoms with Gasteiger partial charge in [0.05, 0.1) is 0 Å². The third-order valence-corrected chi connectivity index (χ3v) is 3.65. The number of anilines is 2. The van der Waals surface area contributed by atoms with E-state index in [0.29, 0.717) is 12.0 Å². The Labute approximate surface area is 132 Å². The van der Waals surface area contributed by atoms with Crippen LogP contribution in [0.25, 0.3) is 0 Å². The molecular weight excluding hydrogens is 278 g/mol. The Morgan fingerprint density at radius 2 is 1.68 bits per heavy atom. The molecule has 5 nitrogen and oxygen atoms in total. The molecule has 0 aromatic heterocycles. The van der Waals surface area contributed by atoms with E-state index in [1.807, 2.05) is 4.90 Å². The van der Waals surface area contributed by atoms with E-state index in [9.17, 15) is 9.59 Å². The molecule has 0 bridgehead atoms. The fourth-order valence-electron chi connectivity index (χ4n) is 2.27. The molecule has 1 aliphatic rings. The maximum absolute atomic E-state index is 12.4. The number of nitrogens with zero attached hydrogens (tertiary/aromatic N) is 1. The third-order valence-electron chi connectivity index (χ3n) is 3.65. The molecule has 1 aliphatic carbocycles. The molecule has 1 aromatic rings. The van der Waals surface area contributed by atoms with Crippen molar-refractivity contribution in [2.75, 3.05) is 17.2 Å². The molecule has 1 aromatic carbocycles. The first-order valence-corrected chi connectivity index (χ1v) is 7.91. The summed E-state index contributed by atoms with van der Waals surface area (Å²) in [5, 5.41) is 5.65. The summed E-state index contributed by atoms with van der Waals surface area (Å²) in [6, 6.07) is 7.54. The molecule has 0 radical (unpaired) electrons. The molecule has 3 amide bonds. The minimum atomic E-state index is -0.106. The van der Waals surface area contributed by atoms with Crippen LogP contribution in [0.15, 0.2) is 24.3 Å². The van der Waals surface area contributed by atoms with Gasteiger partial charge in [0.1, 0.15) is 0 Å². The Morgan fingerprint density at radius 1 is 1.14 bits per heavy atom. The summed E-state index contributed by atoms with van der Waals surface area (Å²) in [7, 11) is 0. The highest BCUT2D eigenvalue weighted by Crippen LogP contribution is 2.28. The van der Waals surface area contributed by atoms with Crippen LogP contribution < -0.4 is 10.6 Å². The third kappa shape index (κ3) is 5.06. The zero-order valence-corrected chi connectivity index (χ0v) is 13.6. The van der Waals surface area contributed by atoms with Crippen LogP contribution in [0.3, 0.4) is 0 Å². The summed E-state index contributed by atoms with van der Waals surface area (Å²) >= 11 is 0. The molecule has 0 atom stereocenters. The topological polar surface area (TPSA) is 61.4 Å². The van der Waals surface area contributed by atoms with E-state index in [1.165, 1.54) is 6.92 Å². The lowest BCUT2D eigenvalue weighted by molar-refractivity contribution is -0.114. The molecule has 1 fully saturated rings. The number of amides is 3. The largest absolute Gasteiger partial charge is 0.326 e. The number of hydrogen-bond acceptors (Lipinski definition) is 2. The lowest BCUT2D eigenvalue weighted by Gasteiger charge is -2.23. The highest BCUT2D eigenvalue weighted by molar-refractivity contribution is 5.91. The van der Waals surface area contributed by atoms with Crippen molar-refractivity contribution in [2.24, 2.45) is 5.92 Å². The quantitative estimate of drug-likeness (QED) is 0.842. The highest BCUT2D eigenvalue weighted by Gasteiger charge is 2.32. The van der Waals surface area contributed by atoms with E-state index in [-0.39, 0.29) is 11.9 Å². The van der Waals surface area contributed by atoms with Gasteiger partial charge < -0.3 is 15.5 Å². The first-order chi connectivity index (χ1) is 10.5. The van der Waals surface area contributed by atoms with Gasteiger partial charge in [-0.1, -0.05) is 13.8 Å². The number of benzene rings is 1. The molecule has 1 saturated carbocycles. The van der Waals surface area contributed by atoms with E-state index in [2.05, 4.69) is 24.5 Å². The van der Waals surface area contributed by atoms with Crippen molar-refractivity contribution in [2.45, 2.75) is 46.1 Å². The van der Waals surface area contributed by atoms with Crippen molar-refractivity contribution in [3.8, 4) is 0 Å². The van der Waals surface area contributed by atoms with Gasteiger partial charge >= 0.3 is 6.03 Å². The molecule has 0 aliphatic heterocycles. The maximum Gasteiger partial charge on any atom is 0.322 e. The molecule has 120 valence electrons. The zero-order chi connectivity index (χ0) is 16.1. The van der Waals surface area contributed by atoms with Crippen LogP contribution >= 0.6 is 0 Å². The maximum atomic E-state index is 12.4. The van der Waals surface area contributed by atoms with Crippen molar-refractivity contribution >= 4 is 23.3 Å². The number of carbonyl (C=O) groups is 2. The number of rotatable bonds is 6. The Bertz CT molecular complexity index is 521. The minimum absolute atomic E-state index is 0.0320. The molecule has 0 spiro atoms. The van der Waals surface area contributed by atoms with Gasteiger partial charge in [-0.05, 0) is 49.4 Å². The van der Waals surface area contributed by atoms with Gasteiger partial charge in [-0.15, -0.1) is 0 Å². The summed E-state index contributed by atoms with van der Waals surface area (Å²) in [6.45, 7) is 6.61. The van der Waals surface area contributed by atoms with E-state index >= 15 is 0 Å². The predicted molar refractivity (Wildman–Crippen MR) is 88.9 cm³/mol. The summed E-state index contributed by atoms with van der Waals surface area (Å²) in [4.78, 5) is 25.3. The predicted octanol–water partition coefficient (Wildman–Crippen LogP) is 3.69. The Morgan fingerprint density at radius 3 is 2.14 bits per heavy atom. The normalized spacial score (nSPS) is 13.8. The monoisotopic (exact) mass is 303 g/mol. The molecule has 22 heavy (non-hydrogen) atoms. The SMILES string of the molecule is CC(=O)Nc1ccc(NC(=O)N(CCC(C)C)C2CC2)cc1. The van der Waals surface area contributed by atoms with Gasteiger partial charge in [0.15, 0.2) is 0 Å². The van der Waals surface area contributed by atoms with Crippen molar-refractivity contribution in [3.05, 3.63) is 24.3 Å². The van der Waals surface area contributed by atoms with E-state index in [4.69, 9.17) is 0 Å². The van der Waals surface area contributed by atoms with Gasteiger partial charge in [0, 0.05) is 30.9 Å². The molecule has 5 heteroatoms. The van der Waals surface area contributed by atoms with Crippen molar-refractivity contribution in [1.29, 1.82) is 0 Å². The summed E-state index contributed by atoms with van der Waals surface area (Å²) in [5.41, 5.74) is 1.47. The van der Waals surface area contributed by atoms with E-state index < -0.39 is 0 Å². The molecular formula is C17H25N3O2. The van der Waals surface area contributed by atoms with Crippen LogP contribution in [-0.4, -0.2) is 29.4 Å². The van der Waals surface area contributed by atoms with Gasteiger partial charge in [0.25, 0.3) is 0 Å². The highest BCUT2D eigenvalue weighted by atomic mass is 16.2. The standard InChI is InChI=1S/C17H25N3O2/c1-12(2)10-11-20(16-8-9-16)17(22)19-15-6-4-14(5-7-15)18-13(3)21/h4-7,12,16H,8-11H2,1-3H3,(H,18,21)(H,19,22). The lowest BCUT2D eigenvalue weighted by Crippen LogP contribution is -2.37. The number of nitrogens with one attached hydrogen (secondary N) is 2. The smallest absolute Gasteiger partial charge is 0.322 e. The summed E-state index contributed by atoms with van der Waals surface area (Å²) in [6.07, 6.45) is 3.23. The van der Waals surface area contributed by atoms with Crippen molar-refractivity contribution < 1.29 is 9.59 Å². The molecule has 0 heterocycles. The molecule has 0 saturated heterocycles. The van der Waals surface area contributed by atoms with Crippen LogP contribution in [0.2, 0.25) is 0 Å². The molecule has 2 rings (SSSR count). The van der Waals surface area contributed by atoms with Gasteiger partial charge in [0.2, 0.25) is 5.91 Å². The van der Waals surface area contributed by atoms with Gasteiger partial charge in [-0.2, -0.15) is 0 Å². The lowest BCUT2D eigenvalue weighted by atomic mass is 10.1. The molecule has 2 N–H and O–H groups in total. The van der Waals surface area contributed by atoms with Gasteiger partial charge in [-0.3, -0.25) is 4.79 Å². The van der Waals surface area contributed by atoms with Crippen LogP contribution in [0.5, 0.6) is 0 Å².